The fourth-order valence-electron chi connectivity index (χ4n) is 2.85. The molecule has 0 saturated heterocycles. The summed E-state index contributed by atoms with van der Waals surface area (Å²) in [5, 5.41) is 6.72. The molecular formula is C19H19F3N2S. The van der Waals surface area contributed by atoms with E-state index in [1.807, 2.05) is 6.07 Å². The maximum absolute atomic E-state index is 12.7. The van der Waals surface area contributed by atoms with E-state index in [0.29, 0.717) is 6.42 Å². The van der Waals surface area contributed by atoms with E-state index < -0.39 is 11.7 Å². The summed E-state index contributed by atoms with van der Waals surface area (Å²) in [6.07, 6.45) is -1.09. The van der Waals surface area contributed by atoms with Crippen LogP contribution in [0.25, 0.3) is 10.2 Å². The van der Waals surface area contributed by atoms with Crippen LogP contribution in [-0.4, -0.2) is 11.5 Å². The Bertz CT molecular complexity index is 842. The summed E-state index contributed by atoms with van der Waals surface area (Å²) in [5.74, 6) is 0. The van der Waals surface area contributed by atoms with E-state index in [0.717, 1.165) is 34.8 Å². The number of halogens is 3. The van der Waals surface area contributed by atoms with Crippen LogP contribution in [0.3, 0.4) is 0 Å². The third-order valence-electron chi connectivity index (χ3n) is 4.19. The van der Waals surface area contributed by atoms with Crippen LogP contribution in [-0.2, 0) is 12.6 Å². The largest absolute Gasteiger partial charge is 0.416 e. The van der Waals surface area contributed by atoms with Gasteiger partial charge in [-0.15, -0.1) is 11.3 Å². The van der Waals surface area contributed by atoms with Crippen molar-refractivity contribution in [2.75, 3.05) is 6.54 Å². The highest BCUT2D eigenvalue weighted by Crippen LogP contribution is 2.30. The fourth-order valence-corrected chi connectivity index (χ4v) is 3.85. The number of alkyl halides is 3. The van der Waals surface area contributed by atoms with Gasteiger partial charge in [-0.1, -0.05) is 24.3 Å². The van der Waals surface area contributed by atoms with E-state index in [2.05, 4.69) is 28.7 Å². The van der Waals surface area contributed by atoms with Gasteiger partial charge >= 0.3 is 6.18 Å². The smallest absolute Gasteiger partial charge is 0.310 e. The number of thiophene rings is 1. The normalized spacial score (nSPS) is 13.3. The molecule has 1 atom stereocenters. The lowest BCUT2D eigenvalue weighted by atomic mass is 10.1. The van der Waals surface area contributed by atoms with Crippen LogP contribution >= 0.6 is 11.3 Å². The number of aromatic nitrogens is 1. The zero-order valence-corrected chi connectivity index (χ0v) is 14.6. The zero-order chi connectivity index (χ0) is 17.9. The summed E-state index contributed by atoms with van der Waals surface area (Å²) in [7, 11) is 0. The van der Waals surface area contributed by atoms with Gasteiger partial charge < -0.3 is 5.32 Å². The van der Waals surface area contributed by atoms with Gasteiger partial charge in [0.05, 0.1) is 5.56 Å². The maximum Gasteiger partial charge on any atom is 0.416 e. The van der Waals surface area contributed by atoms with Gasteiger partial charge in [0.2, 0.25) is 0 Å². The molecule has 6 heteroatoms. The Labute approximate surface area is 148 Å². The molecule has 3 aromatic rings. The van der Waals surface area contributed by atoms with Gasteiger partial charge in [-0.2, -0.15) is 13.2 Å². The monoisotopic (exact) mass is 364 g/mol. The van der Waals surface area contributed by atoms with E-state index in [1.54, 1.807) is 23.6 Å². The van der Waals surface area contributed by atoms with Crippen LogP contribution < -0.4 is 5.32 Å². The van der Waals surface area contributed by atoms with Crippen LogP contribution in [0.5, 0.6) is 0 Å². The van der Waals surface area contributed by atoms with Crippen molar-refractivity contribution in [3.63, 3.8) is 0 Å². The lowest BCUT2D eigenvalue weighted by Gasteiger charge is -2.13. The Kier molecular flexibility index (Phi) is 5.39. The molecule has 0 aliphatic carbocycles. The number of benzene rings is 1. The molecule has 25 heavy (non-hydrogen) atoms. The second-order valence-electron chi connectivity index (χ2n) is 6.02. The highest BCUT2D eigenvalue weighted by molar-refractivity contribution is 7.16. The predicted molar refractivity (Wildman–Crippen MR) is 95.8 cm³/mol. The van der Waals surface area contributed by atoms with Gasteiger partial charge in [0.25, 0.3) is 0 Å². The fraction of sp³-hybridized carbons (Fsp3) is 0.316. The third-order valence-corrected chi connectivity index (χ3v) is 5.11. The number of fused-ring (bicyclic) bond motifs is 1. The quantitative estimate of drug-likeness (QED) is 0.576. The van der Waals surface area contributed by atoms with E-state index in [9.17, 15) is 13.2 Å². The topological polar surface area (TPSA) is 24.9 Å². The van der Waals surface area contributed by atoms with Crippen molar-refractivity contribution in [2.45, 2.75) is 32.0 Å². The molecule has 2 aromatic heterocycles. The highest BCUT2D eigenvalue weighted by Gasteiger charge is 2.30. The number of hydrogen-bond acceptors (Lipinski definition) is 3. The molecule has 0 amide bonds. The van der Waals surface area contributed by atoms with Gasteiger partial charge in [-0.25, -0.2) is 4.98 Å². The minimum absolute atomic E-state index is 0.180. The van der Waals surface area contributed by atoms with Gasteiger partial charge in [0.15, 0.2) is 0 Å². The minimum atomic E-state index is -4.28. The molecule has 0 bridgehead atoms. The van der Waals surface area contributed by atoms with Crippen molar-refractivity contribution in [3.05, 3.63) is 64.7 Å². The molecule has 2 nitrogen and oxygen atoms in total. The SMILES string of the molecule is CC(NCCCc1cccc(C(F)(F)F)c1)c1csc2ncccc12. The molecule has 132 valence electrons. The molecule has 0 radical (unpaired) electrons. The second-order valence-corrected chi connectivity index (χ2v) is 6.88. The first kappa shape index (κ1) is 17.9. The molecule has 0 aliphatic heterocycles. The van der Waals surface area contributed by atoms with Crippen molar-refractivity contribution in [2.24, 2.45) is 0 Å². The molecule has 0 spiro atoms. The lowest BCUT2D eigenvalue weighted by Crippen LogP contribution is -2.20. The Morgan fingerprint density at radius 2 is 2.04 bits per heavy atom. The van der Waals surface area contributed by atoms with Crippen LogP contribution in [0.15, 0.2) is 48.0 Å². The first-order valence-corrected chi connectivity index (χ1v) is 9.05. The average Bonchev–Trinajstić information content (AvgIpc) is 3.02. The van der Waals surface area contributed by atoms with Crippen molar-refractivity contribution < 1.29 is 13.2 Å². The summed E-state index contributed by atoms with van der Waals surface area (Å²) in [4.78, 5) is 5.37. The van der Waals surface area contributed by atoms with Crippen molar-refractivity contribution in [3.8, 4) is 0 Å². The Hall–Kier alpha value is -1.92. The van der Waals surface area contributed by atoms with E-state index in [-0.39, 0.29) is 6.04 Å². The first-order valence-electron chi connectivity index (χ1n) is 8.17. The van der Waals surface area contributed by atoms with Crippen LogP contribution in [0.2, 0.25) is 0 Å². The van der Waals surface area contributed by atoms with E-state index >= 15 is 0 Å². The standard InChI is InChI=1S/C19H19F3N2S/c1-13(17-12-25-18-16(17)8-4-10-24-18)23-9-3-6-14-5-2-7-15(11-14)19(20,21)22/h2,4-5,7-8,10-13,23H,3,6,9H2,1H3. The number of nitrogens with one attached hydrogen (secondary N) is 1. The van der Waals surface area contributed by atoms with Crippen LogP contribution in [0, 0.1) is 0 Å². The molecule has 1 unspecified atom stereocenters. The zero-order valence-electron chi connectivity index (χ0n) is 13.8. The number of pyridine rings is 1. The summed E-state index contributed by atoms with van der Waals surface area (Å²) in [6.45, 7) is 2.84. The van der Waals surface area contributed by atoms with Crippen molar-refractivity contribution in [1.29, 1.82) is 0 Å². The molecular weight excluding hydrogens is 345 g/mol. The Morgan fingerprint density at radius 1 is 1.20 bits per heavy atom. The van der Waals surface area contributed by atoms with E-state index in [1.165, 1.54) is 17.7 Å². The van der Waals surface area contributed by atoms with Crippen LogP contribution in [0.4, 0.5) is 13.2 Å². The summed E-state index contributed by atoms with van der Waals surface area (Å²) < 4.78 is 38.2. The molecule has 1 N–H and O–H groups in total. The molecule has 0 aliphatic rings. The lowest BCUT2D eigenvalue weighted by molar-refractivity contribution is -0.137. The van der Waals surface area contributed by atoms with E-state index in [4.69, 9.17) is 0 Å². The number of aryl methyl sites for hydroxylation is 1. The highest BCUT2D eigenvalue weighted by atomic mass is 32.1. The first-order chi connectivity index (χ1) is 11.9. The Balaban J connectivity index is 1.53. The third kappa shape index (κ3) is 4.38. The summed E-state index contributed by atoms with van der Waals surface area (Å²) in [6, 6.07) is 9.74. The molecule has 0 fully saturated rings. The van der Waals surface area contributed by atoms with Crippen molar-refractivity contribution >= 4 is 21.6 Å². The van der Waals surface area contributed by atoms with Gasteiger partial charge in [-0.05, 0) is 54.9 Å². The molecule has 0 saturated carbocycles. The number of nitrogens with zero attached hydrogens (tertiary/aromatic N) is 1. The molecule has 3 rings (SSSR count). The Morgan fingerprint density at radius 3 is 2.84 bits per heavy atom. The number of hydrogen-bond donors (Lipinski definition) is 1. The number of rotatable bonds is 6. The minimum Gasteiger partial charge on any atom is -0.310 e. The summed E-state index contributed by atoms with van der Waals surface area (Å²) >= 11 is 1.62. The second kappa shape index (κ2) is 7.54. The van der Waals surface area contributed by atoms with Gasteiger partial charge in [0.1, 0.15) is 4.83 Å². The molecule has 1 aromatic carbocycles. The van der Waals surface area contributed by atoms with Crippen LogP contribution in [0.1, 0.15) is 36.1 Å². The maximum atomic E-state index is 12.7. The van der Waals surface area contributed by atoms with Gasteiger partial charge in [0, 0.05) is 17.6 Å². The van der Waals surface area contributed by atoms with Crippen molar-refractivity contribution in [1.82, 2.24) is 10.3 Å². The van der Waals surface area contributed by atoms with Gasteiger partial charge in [-0.3, -0.25) is 0 Å². The average molecular weight is 364 g/mol. The predicted octanol–water partition coefficient (Wildman–Crippen LogP) is 5.60. The summed E-state index contributed by atoms with van der Waals surface area (Å²) in [5.41, 5.74) is 1.35. The molecule has 2 heterocycles.